The number of nitriles is 1. The van der Waals surface area contributed by atoms with E-state index in [9.17, 15) is 0 Å². The number of nitrogens with one attached hydrogen (secondary N) is 1. The van der Waals surface area contributed by atoms with Crippen LogP contribution in [-0.2, 0) is 4.74 Å². The van der Waals surface area contributed by atoms with Crippen molar-refractivity contribution in [1.29, 1.82) is 5.26 Å². The molecule has 1 aromatic rings. The third kappa shape index (κ3) is 2.19. The van der Waals surface area contributed by atoms with E-state index in [1.807, 2.05) is 12.1 Å². The summed E-state index contributed by atoms with van der Waals surface area (Å²) in [4.78, 5) is 4.29. The van der Waals surface area contributed by atoms with Gasteiger partial charge in [0.05, 0.1) is 6.10 Å². The highest BCUT2D eigenvalue weighted by atomic mass is 16.5. The van der Waals surface area contributed by atoms with Crippen molar-refractivity contribution in [3.63, 3.8) is 0 Å². The molecule has 1 aliphatic carbocycles. The molecule has 1 N–H and O–H groups in total. The van der Waals surface area contributed by atoms with E-state index in [-0.39, 0.29) is 0 Å². The minimum Gasteiger partial charge on any atom is -0.378 e. The summed E-state index contributed by atoms with van der Waals surface area (Å²) in [6.45, 7) is 0.888. The molecule has 0 bridgehead atoms. The topological polar surface area (TPSA) is 57.9 Å². The predicted octanol–water partition coefficient (Wildman–Crippen LogP) is 2.32. The Balaban J connectivity index is 1.73. The molecule has 4 nitrogen and oxygen atoms in total. The lowest BCUT2D eigenvalue weighted by Gasteiger charge is -2.33. The van der Waals surface area contributed by atoms with Crippen molar-refractivity contribution in [2.75, 3.05) is 11.9 Å². The number of ether oxygens (including phenoxy) is 1. The summed E-state index contributed by atoms with van der Waals surface area (Å²) in [5.41, 5.74) is 0.468. The Bertz CT molecular complexity index is 468. The maximum atomic E-state index is 8.86. The van der Waals surface area contributed by atoms with Gasteiger partial charge in [0.2, 0.25) is 0 Å². The third-order valence-electron chi connectivity index (χ3n) is 3.98. The van der Waals surface area contributed by atoms with Crippen molar-refractivity contribution in [2.24, 2.45) is 5.92 Å². The number of hydrogen-bond acceptors (Lipinski definition) is 4. The number of aromatic nitrogens is 1. The van der Waals surface area contributed by atoms with Crippen molar-refractivity contribution in [1.82, 2.24) is 4.98 Å². The summed E-state index contributed by atoms with van der Waals surface area (Å²) in [6.07, 6.45) is 5.13. The van der Waals surface area contributed by atoms with Crippen molar-refractivity contribution < 1.29 is 4.74 Å². The maximum absolute atomic E-state index is 8.86. The van der Waals surface area contributed by atoms with Crippen LogP contribution in [0.3, 0.4) is 0 Å². The zero-order valence-corrected chi connectivity index (χ0v) is 10.3. The van der Waals surface area contributed by atoms with Gasteiger partial charge < -0.3 is 10.1 Å². The summed E-state index contributed by atoms with van der Waals surface area (Å²) >= 11 is 0. The van der Waals surface area contributed by atoms with Gasteiger partial charge in [0.25, 0.3) is 0 Å². The molecule has 1 aliphatic heterocycles. The summed E-state index contributed by atoms with van der Waals surface area (Å²) < 4.78 is 5.76. The van der Waals surface area contributed by atoms with Gasteiger partial charge in [0.15, 0.2) is 0 Å². The second kappa shape index (κ2) is 4.95. The summed E-state index contributed by atoms with van der Waals surface area (Å²) in [7, 11) is 0. The Hall–Kier alpha value is -1.60. The van der Waals surface area contributed by atoms with Gasteiger partial charge in [-0.25, -0.2) is 4.98 Å². The van der Waals surface area contributed by atoms with Crippen LogP contribution in [0.25, 0.3) is 0 Å². The Labute approximate surface area is 107 Å². The van der Waals surface area contributed by atoms with Crippen LogP contribution < -0.4 is 5.32 Å². The SMILES string of the molecule is N#Cc1cccc(NC2CCCC3OCCC23)n1. The first-order valence-electron chi connectivity index (χ1n) is 6.62. The van der Waals surface area contributed by atoms with Crippen LogP contribution in [0, 0.1) is 17.2 Å². The maximum Gasteiger partial charge on any atom is 0.142 e. The summed E-state index contributed by atoms with van der Waals surface area (Å²) in [5, 5.41) is 12.3. The second-order valence-electron chi connectivity index (χ2n) is 5.06. The van der Waals surface area contributed by atoms with Gasteiger partial charge in [-0.3, -0.25) is 0 Å². The Morgan fingerprint density at radius 2 is 2.28 bits per heavy atom. The van der Waals surface area contributed by atoms with Crippen molar-refractivity contribution in [3.05, 3.63) is 23.9 Å². The number of hydrogen-bond donors (Lipinski definition) is 1. The molecule has 0 radical (unpaired) electrons. The van der Waals surface area contributed by atoms with E-state index in [2.05, 4.69) is 16.4 Å². The van der Waals surface area contributed by atoms with Crippen LogP contribution in [-0.4, -0.2) is 23.7 Å². The van der Waals surface area contributed by atoms with Crippen molar-refractivity contribution >= 4 is 5.82 Å². The molecule has 2 fully saturated rings. The molecule has 0 amide bonds. The van der Waals surface area contributed by atoms with Crippen LogP contribution >= 0.6 is 0 Å². The number of rotatable bonds is 2. The van der Waals surface area contributed by atoms with Gasteiger partial charge in [-0.2, -0.15) is 5.26 Å². The van der Waals surface area contributed by atoms with Crippen LogP contribution in [0.5, 0.6) is 0 Å². The fourth-order valence-electron chi connectivity index (χ4n) is 3.12. The number of anilines is 1. The number of nitrogens with zero attached hydrogens (tertiary/aromatic N) is 2. The molecule has 2 heterocycles. The molecule has 0 aromatic carbocycles. The summed E-state index contributed by atoms with van der Waals surface area (Å²) in [6, 6.07) is 8.05. The van der Waals surface area contributed by atoms with Crippen LogP contribution in [0.15, 0.2) is 18.2 Å². The average molecular weight is 243 g/mol. The van der Waals surface area contributed by atoms with E-state index in [0.717, 1.165) is 18.8 Å². The third-order valence-corrected chi connectivity index (χ3v) is 3.98. The lowest BCUT2D eigenvalue weighted by atomic mass is 9.82. The van der Waals surface area contributed by atoms with E-state index in [4.69, 9.17) is 10.00 Å². The molecule has 1 aromatic heterocycles. The molecule has 3 atom stereocenters. The van der Waals surface area contributed by atoms with Gasteiger partial charge in [0, 0.05) is 18.6 Å². The van der Waals surface area contributed by atoms with Gasteiger partial charge >= 0.3 is 0 Å². The first-order chi connectivity index (χ1) is 8.86. The van der Waals surface area contributed by atoms with Crippen molar-refractivity contribution in [2.45, 2.75) is 37.8 Å². The van der Waals surface area contributed by atoms with Crippen molar-refractivity contribution in [3.8, 4) is 6.07 Å². The Morgan fingerprint density at radius 1 is 1.33 bits per heavy atom. The zero-order valence-electron chi connectivity index (χ0n) is 10.3. The lowest BCUT2D eigenvalue weighted by molar-refractivity contribution is 0.0619. The first kappa shape index (κ1) is 11.5. The van der Waals surface area contributed by atoms with Crippen LogP contribution in [0.1, 0.15) is 31.4 Å². The number of fused-ring (bicyclic) bond motifs is 1. The molecule has 1 saturated heterocycles. The van der Waals surface area contributed by atoms with E-state index in [0.29, 0.717) is 23.8 Å². The van der Waals surface area contributed by atoms with Gasteiger partial charge in [-0.05, 0) is 37.8 Å². The quantitative estimate of drug-likeness (QED) is 0.866. The van der Waals surface area contributed by atoms with E-state index in [1.165, 1.54) is 19.3 Å². The minimum atomic E-state index is 0.426. The molecule has 0 spiro atoms. The predicted molar refractivity (Wildman–Crippen MR) is 68.1 cm³/mol. The Kier molecular flexibility index (Phi) is 3.16. The highest BCUT2D eigenvalue weighted by molar-refractivity contribution is 5.39. The molecular formula is C14H17N3O. The van der Waals surface area contributed by atoms with Gasteiger partial charge in [-0.15, -0.1) is 0 Å². The molecule has 2 aliphatic rings. The van der Waals surface area contributed by atoms with E-state index < -0.39 is 0 Å². The second-order valence-corrected chi connectivity index (χ2v) is 5.06. The summed E-state index contributed by atoms with van der Waals surface area (Å²) in [5.74, 6) is 1.41. The highest BCUT2D eigenvalue weighted by Crippen LogP contribution is 2.35. The lowest BCUT2D eigenvalue weighted by Crippen LogP contribution is -2.38. The monoisotopic (exact) mass is 243 g/mol. The largest absolute Gasteiger partial charge is 0.378 e. The zero-order chi connectivity index (χ0) is 12.4. The normalized spacial score (nSPS) is 30.5. The molecule has 1 saturated carbocycles. The molecule has 3 unspecified atom stereocenters. The van der Waals surface area contributed by atoms with Gasteiger partial charge in [0.1, 0.15) is 17.6 Å². The molecule has 94 valence electrons. The molecular weight excluding hydrogens is 226 g/mol. The van der Waals surface area contributed by atoms with Crippen LogP contribution in [0.4, 0.5) is 5.82 Å². The average Bonchev–Trinajstić information content (AvgIpc) is 2.88. The van der Waals surface area contributed by atoms with E-state index >= 15 is 0 Å². The molecule has 4 heteroatoms. The standard InChI is InChI=1S/C14H17N3O/c15-9-10-3-1-6-14(16-10)17-12-4-2-5-13-11(12)7-8-18-13/h1,3,6,11-13H,2,4-5,7-8H2,(H,16,17). The molecule has 3 rings (SSSR count). The molecule has 18 heavy (non-hydrogen) atoms. The number of pyridine rings is 1. The smallest absolute Gasteiger partial charge is 0.142 e. The minimum absolute atomic E-state index is 0.426. The fraction of sp³-hybridized carbons (Fsp3) is 0.571. The Morgan fingerprint density at radius 3 is 3.17 bits per heavy atom. The van der Waals surface area contributed by atoms with Crippen LogP contribution in [0.2, 0.25) is 0 Å². The van der Waals surface area contributed by atoms with E-state index in [1.54, 1.807) is 6.07 Å². The highest BCUT2D eigenvalue weighted by Gasteiger charge is 2.37. The first-order valence-corrected chi connectivity index (χ1v) is 6.62. The van der Waals surface area contributed by atoms with Gasteiger partial charge in [-0.1, -0.05) is 6.07 Å². The fourth-order valence-corrected chi connectivity index (χ4v) is 3.12.